The molecule has 2 N–H and O–H groups in total. The van der Waals surface area contributed by atoms with E-state index in [2.05, 4.69) is 10.4 Å². The smallest absolute Gasteiger partial charge is 0.272 e. The van der Waals surface area contributed by atoms with E-state index in [0.717, 1.165) is 11.1 Å². The molecule has 0 aliphatic rings. The molecule has 94 valence electrons. The van der Waals surface area contributed by atoms with Crippen LogP contribution in [-0.4, -0.2) is 20.8 Å². The molecule has 0 bridgehead atoms. The number of aryl methyl sites for hydroxylation is 1. The van der Waals surface area contributed by atoms with Crippen LogP contribution in [0.25, 0.3) is 0 Å². The van der Waals surface area contributed by atoms with Gasteiger partial charge < -0.3 is 10.4 Å². The molecule has 1 aromatic carbocycles. The van der Waals surface area contributed by atoms with Crippen molar-refractivity contribution in [3.8, 4) is 0 Å². The zero-order valence-corrected chi connectivity index (χ0v) is 10.1. The Morgan fingerprint density at radius 1 is 1.28 bits per heavy atom. The molecule has 2 rings (SSSR count). The van der Waals surface area contributed by atoms with E-state index in [4.69, 9.17) is 5.11 Å². The van der Waals surface area contributed by atoms with E-state index >= 15 is 0 Å². The van der Waals surface area contributed by atoms with E-state index in [1.165, 1.54) is 0 Å². The standard InChI is InChI=1S/C13H15N3O2/c1-16-7-6-12(15-16)13(18)14-8-10-2-4-11(9-17)5-3-10/h2-7,17H,8-9H2,1H3,(H,14,18). The zero-order chi connectivity index (χ0) is 13.0. The van der Waals surface area contributed by atoms with Crippen LogP contribution in [0.3, 0.4) is 0 Å². The van der Waals surface area contributed by atoms with Gasteiger partial charge in [-0.25, -0.2) is 0 Å². The molecule has 0 atom stereocenters. The number of carbonyl (C=O) groups is 1. The first-order valence-electron chi connectivity index (χ1n) is 5.65. The molecule has 0 spiro atoms. The van der Waals surface area contributed by atoms with Crippen LogP contribution in [0.4, 0.5) is 0 Å². The maximum absolute atomic E-state index is 11.7. The number of amides is 1. The van der Waals surface area contributed by atoms with Crippen molar-refractivity contribution < 1.29 is 9.90 Å². The van der Waals surface area contributed by atoms with Crippen LogP contribution in [0.1, 0.15) is 21.6 Å². The molecular weight excluding hydrogens is 230 g/mol. The minimum atomic E-state index is -0.193. The Bertz CT molecular complexity index is 531. The third kappa shape index (κ3) is 2.95. The molecule has 1 amide bonds. The number of rotatable bonds is 4. The predicted octanol–water partition coefficient (Wildman–Crippen LogP) is 0.842. The van der Waals surface area contributed by atoms with Gasteiger partial charge in [-0.05, 0) is 17.2 Å². The monoisotopic (exact) mass is 245 g/mol. The van der Waals surface area contributed by atoms with Gasteiger partial charge >= 0.3 is 0 Å². The molecule has 0 unspecified atom stereocenters. The van der Waals surface area contributed by atoms with Gasteiger partial charge in [-0.1, -0.05) is 24.3 Å². The van der Waals surface area contributed by atoms with Gasteiger partial charge in [0.2, 0.25) is 0 Å². The van der Waals surface area contributed by atoms with E-state index in [9.17, 15) is 4.79 Å². The number of benzene rings is 1. The molecule has 1 aromatic heterocycles. The second kappa shape index (κ2) is 5.46. The highest BCUT2D eigenvalue weighted by Gasteiger charge is 2.07. The van der Waals surface area contributed by atoms with Crippen LogP contribution >= 0.6 is 0 Å². The van der Waals surface area contributed by atoms with E-state index in [1.54, 1.807) is 24.0 Å². The Morgan fingerprint density at radius 2 is 1.94 bits per heavy atom. The molecule has 1 heterocycles. The molecular formula is C13H15N3O2. The lowest BCUT2D eigenvalue weighted by molar-refractivity contribution is 0.0945. The number of nitrogens with zero attached hydrogens (tertiary/aromatic N) is 2. The lowest BCUT2D eigenvalue weighted by Crippen LogP contribution is -2.23. The third-order valence-corrected chi connectivity index (χ3v) is 2.60. The predicted molar refractivity (Wildman–Crippen MR) is 66.7 cm³/mol. The van der Waals surface area contributed by atoms with E-state index in [-0.39, 0.29) is 12.5 Å². The van der Waals surface area contributed by atoms with Crippen molar-refractivity contribution in [3.63, 3.8) is 0 Å². The fourth-order valence-corrected chi connectivity index (χ4v) is 1.57. The normalized spacial score (nSPS) is 10.3. The van der Waals surface area contributed by atoms with Gasteiger partial charge in [-0.2, -0.15) is 5.10 Å². The van der Waals surface area contributed by atoms with Crippen molar-refractivity contribution in [3.05, 3.63) is 53.3 Å². The van der Waals surface area contributed by atoms with Gasteiger partial charge in [0, 0.05) is 19.8 Å². The minimum Gasteiger partial charge on any atom is -0.392 e. The first-order valence-corrected chi connectivity index (χ1v) is 5.65. The van der Waals surface area contributed by atoms with E-state index in [0.29, 0.717) is 12.2 Å². The van der Waals surface area contributed by atoms with Crippen LogP contribution < -0.4 is 5.32 Å². The number of aromatic nitrogens is 2. The van der Waals surface area contributed by atoms with Crippen LogP contribution in [0.2, 0.25) is 0 Å². The summed E-state index contributed by atoms with van der Waals surface area (Å²) in [5.74, 6) is -0.193. The number of carbonyl (C=O) groups excluding carboxylic acids is 1. The van der Waals surface area contributed by atoms with Gasteiger partial charge in [0.05, 0.1) is 6.61 Å². The average Bonchev–Trinajstić information content (AvgIpc) is 2.83. The van der Waals surface area contributed by atoms with Crippen molar-refractivity contribution in [1.82, 2.24) is 15.1 Å². The van der Waals surface area contributed by atoms with Gasteiger partial charge in [0.25, 0.3) is 5.91 Å². The van der Waals surface area contributed by atoms with Crippen LogP contribution in [-0.2, 0) is 20.2 Å². The van der Waals surface area contributed by atoms with Crippen LogP contribution in [0.5, 0.6) is 0 Å². The highest BCUT2D eigenvalue weighted by atomic mass is 16.3. The summed E-state index contributed by atoms with van der Waals surface area (Å²) in [6, 6.07) is 9.10. The van der Waals surface area contributed by atoms with Gasteiger partial charge in [-0.15, -0.1) is 0 Å². The quantitative estimate of drug-likeness (QED) is 0.839. The molecule has 2 aromatic rings. The molecule has 0 aliphatic carbocycles. The fraction of sp³-hybridized carbons (Fsp3) is 0.231. The van der Waals surface area contributed by atoms with Crippen molar-refractivity contribution in [1.29, 1.82) is 0 Å². The maximum atomic E-state index is 11.7. The summed E-state index contributed by atoms with van der Waals surface area (Å²) in [4.78, 5) is 11.7. The topological polar surface area (TPSA) is 67.2 Å². The molecule has 5 heteroatoms. The third-order valence-electron chi connectivity index (χ3n) is 2.60. The first kappa shape index (κ1) is 12.3. The highest BCUT2D eigenvalue weighted by Crippen LogP contribution is 2.04. The fourth-order valence-electron chi connectivity index (χ4n) is 1.57. The summed E-state index contributed by atoms with van der Waals surface area (Å²) in [6.45, 7) is 0.474. The summed E-state index contributed by atoms with van der Waals surface area (Å²) >= 11 is 0. The number of aliphatic hydroxyl groups excluding tert-OH is 1. The molecule has 0 radical (unpaired) electrons. The number of hydrogen-bond donors (Lipinski definition) is 2. The molecule has 0 fully saturated rings. The van der Waals surface area contributed by atoms with Crippen molar-refractivity contribution in [2.45, 2.75) is 13.2 Å². The Kier molecular flexibility index (Phi) is 3.74. The summed E-state index contributed by atoms with van der Waals surface area (Å²) in [7, 11) is 1.77. The molecule has 5 nitrogen and oxygen atoms in total. The highest BCUT2D eigenvalue weighted by molar-refractivity contribution is 5.92. The Labute approximate surface area is 105 Å². The van der Waals surface area contributed by atoms with Crippen molar-refractivity contribution in [2.75, 3.05) is 0 Å². The minimum absolute atomic E-state index is 0.0283. The van der Waals surface area contributed by atoms with Crippen molar-refractivity contribution >= 4 is 5.91 Å². The Balaban J connectivity index is 1.92. The molecule has 0 aliphatic heterocycles. The van der Waals surface area contributed by atoms with Crippen LogP contribution in [0, 0.1) is 0 Å². The zero-order valence-electron chi connectivity index (χ0n) is 10.1. The summed E-state index contributed by atoms with van der Waals surface area (Å²) in [5.41, 5.74) is 2.25. The summed E-state index contributed by atoms with van der Waals surface area (Å²) in [6.07, 6.45) is 1.73. The Hall–Kier alpha value is -2.14. The number of aliphatic hydroxyl groups is 1. The first-order chi connectivity index (χ1) is 8.69. The molecule has 0 saturated heterocycles. The van der Waals surface area contributed by atoms with E-state index < -0.39 is 0 Å². The lowest BCUT2D eigenvalue weighted by Gasteiger charge is -2.04. The van der Waals surface area contributed by atoms with Gasteiger partial charge in [0.15, 0.2) is 0 Å². The summed E-state index contributed by atoms with van der Waals surface area (Å²) < 4.78 is 1.59. The molecule has 18 heavy (non-hydrogen) atoms. The van der Waals surface area contributed by atoms with Crippen LogP contribution in [0.15, 0.2) is 36.5 Å². The van der Waals surface area contributed by atoms with E-state index in [1.807, 2.05) is 24.3 Å². The number of nitrogens with one attached hydrogen (secondary N) is 1. The maximum Gasteiger partial charge on any atom is 0.272 e. The lowest BCUT2D eigenvalue weighted by atomic mass is 10.1. The second-order valence-corrected chi connectivity index (χ2v) is 4.03. The number of hydrogen-bond acceptors (Lipinski definition) is 3. The van der Waals surface area contributed by atoms with Crippen molar-refractivity contribution in [2.24, 2.45) is 7.05 Å². The second-order valence-electron chi connectivity index (χ2n) is 4.03. The van der Waals surface area contributed by atoms with Gasteiger partial charge in [0.1, 0.15) is 5.69 Å². The Morgan fingerprint density at radius 3 is 2.50 bits per heavy atom. The SMILES string of the molecule is Cn1ccc(C(=O)NCc2ccc(CO)cc2)n1. The summed E-state index contributed by atoms with van der Waals surface area (Å²) in [5, 5.41) is 15.7. The molecule has 0 saturated carbocycles. The largest absolute Gasteiger partial charge is 0.392 e. The van der Waals surface area contributed by atoms with Gasteiger partial charge in [-0.3, -0.25) is 9.48 Å². The average molecular weight is 245 g/mol.